The van der Waals surface area contributed by atoms with Gasteiger partial charge in [-0.3, -0.25) is 0 Å². The van der Waals surface area contributed by atoms with Gasteiger partial charge in [-0.1, -0.05) is 28.1 Å². The zero-order valence-corrected chi connectivity index (χ0v) is 17.2. The first-order valence-electron chi connectivity index (χ1n) is 8.66. The minimum absolute atomic E-state index is 0.240. The van der Waals surface area contributed by atoms with Gasteiger partial charge in [-0.25, -0.2) is 20.2 Å². The van der Waals surface area contributed by atoms with Crippen molar-refractivity contribution in [3.8, 4) is 0 Å². The van der Waals surface area contributed by atoms with Gasteiger partial charge in [-0.2, -0.15) is 5.10 Å². The number of thiophene rings is 1. The summed E-state index contributed by atoms with van der Waals surface area (Å²) in [6.07, 6.45) is 3.87. The molecule has 0 saturated heterocycles. The molecule has 0 fully saturated rings. The van der Waals surface area contributed by atoms with Crippen molar-refractivity contribution in [3.63, 3.8) is 0 Å². The third kappa shape index (κ3) is 4.37. The fourth-order valence-corrected chi connectivity index (χ4v) is 3.90. The van der Waals surface area contributed by atoms with E-state index >= 15 is 0 Å². The van der Waals surface area contributed by atoms with Crippen molar-refractivity contribution in [2.45, 2.75) is 13.0 Å². The topological polar surface area (TPSA) is 82.5 Å². The molecule has 0 saturated carbocycles. The number of fused-ring (bicyclic) bond motifs is 1. The molecule has 0 aliphatic carbocycles. The second-order valence-corrected chi connectivity index (χ2v) is 8.04. The highest BCUT2D eigenvalue weighted by Crippen LogP contribution is 2.26. The van der Waals surface area contributed by atoms with Crippen LogP contribution in [0.25, 0.3) is 0 Å². The van der Waals surface area contributed by atoms with Crippen LogP contribution in [0, 0.1) is 0 Å². The molecule has 2 N–H and O–H groups in total. The van der Waals surface area contributed by atoms with Gasteiger partial charge in [-0.05, 0) is 29.6 Å². The number of benzene rings is 1. The van der Waals surface area contributed by atoms with Crippen molar-refractivity contribution >= 4 is 51.0 Å². The van der Waals surface area contributed by atoms with E-state index in [-0.39, 0.29) is 6.03 Å². The molecule has 9 heteroatoms. The van der Waals surface area contributed by atoms with Gasteiger partial charge in [0.1, 0.15) is 12.1 Å². The van der Waals surface area contributed by atoms with Gasteiger partial charge in [0, 0.05) is 33.6 Å². The molecule has 0 atom stereocenters. The largest absolute Gasteiger partial charge is 0.340 e. The third-order valence-electron chi connectivity index (χ3n) is 4.27. The van der Waals surface area contributed by atoms with E-state index in [0.717, 1.165) is 26.3 Å². The molecule has 3 aromatic rings. The Balaban J connectivity index is 1.47. The van der Waals surface area contributed by atoms with Gasteiger partial charge >= 0.3 is 6.03 Å². The molecule has 1 aliphatic heterocycles. The number of hydrogen-bond donors (Lipinski definition) is 2. The zero-order valence-electron chi connectivity index (χ0n) is 14.8. The lowest BCUT2D eigenvalue weighted by atomic mass is 10.1. The molecule has 142 valence electrons. The monoisotopic (exact) mass is 456 g/mol. The number of aromatic nitrogens is 2. The molecular weight excluding hydrogens is 440 g/mol. The zero-order chi connectivity index (χ0) is 19.3. The Bertz CT molecular complexity index is 1010. The summed E-state index contributed by atoms with van der Waals surface area (Å²) in [5, 5.41) is 9.33. The Morgan fingerprint density at radius 2 is 2.21 bits per heavy atom. The minimum atomic E-state index is -0.240. The summed E-state index contributed by atoms with van der Waals surface area (Å²) < 4.78 is 0.977. The summed E-state index contributed by atoms with van der Waals surface area (Å²) in [6.45, 7) is 1.01. The maximum absolute atomic E-state index is 12.5. The summed E-state index contributed by atoms with van der Waals surface area (Å²) in [4.78, 5) is 23.9. The number of nitrogens with zero attached hydrogens (tertiary/aromatic N) is 4. The maximum Gasteiger partial charge on any atom is 0.338 e. The van der Waals surface area contributed by atoms with Crippen LogP contribution in [-0.2, 0) is 13.0 Å². The van der Waals surface area contributed by atoms with Crippen molar-refractivity contribution in [2.75, 3.05) is 11.9 Å². The fourth-order valence-electron chi connectivity index (χ4n) is 2.91. The Morgan fingerprint density at radius 1 is 1.29 bits per heavy atom. The molecule has 0 radical (unpaired) electrons. The van der Waals surface area contributed by atoms with Crippen molar-refractivity contribution in [2.24, 2.45) is 5.10 Å². The molecule has 0 bridgehead atoms. The molecule has 28 heavy (non-hydrogen) atoms. The molecule has 1 aliphatic rings. The Hall–Kier alpha value is -2.78. The summed E-state index contributed by atoms with van der Waals surface area (Å²) in [6, 6.07) is 11.5. The average Bonchev–Trinajstić information content (AvgIpc) is 3.21. The third-order valence-corrected chi connectivity index (χ3v) is 5.57. The highest BCUT2D eigenvalue weighted by Gasteiger charge is 2.24. The van der Waals surface area contributed by atoms with Gasteiger partial charge in [-0.15, -0.1) is 11.3 Å². The molecule has 1 aromatic carbocycles. The Labute approximate surface area is 174 Å². The van der Waals surface area contributed by atoms with E-state index in [1.807, 2.05) is 41.8 Å². The van der Waals surface area contributed by atoms with Crippen molar-refractivity contribution in [3.05, 3.63) is 68.7 Å². The van der Waals surface area contributed by atoms with Gasteiger partial charge in [0.05, 0.1) is 18.5 Å². The highest BCUT2D eigenvalue weighted by atomic mass is 79.9. The highest BCUT2D eigenvalue weighted by molar-refractivity contribution is 9.10. The number of urea groups is 1. The number of halogens is 1. The first-order chi connectivity index (χ1) is 13.7. The van der Waals surface area contributed by atoms with E-state index in [0.29, 0.717) is 25.3 Å². The minimum Gasteiger partial charge on any atom is -0.340 e. The van der Waals surface area contributed by atoms with Gasteiger partial charge in [0.15, 0.2) is 0 Å². The van der Waals surface area contributed by atoms with Crippen molar-refractivity contribution in [1.29, 1.82) is 0 Å². The quantitative estimate of drug-likeness (QED) is 0.456. The van der Waals surface area contributed by atoms with Crippen LogP contribution in [0.5, 0.6) is 0 Å². The number of carbonyl (C=O) groups is 1. The number of nitrogens with one attached hydrogen (secondary N) is 2. The van der Waals surface area contributed by atoms with Crippen molar-refractivity contribution < 1.29 is 4.79 Å². The molecule has 0 unspecified atom stereocenters. The number of hydrogen-bond acceptors (Lipinski definition) is 6. The van der Waals surface area contributed by atoms with Crippen LogP contribution in [-0.4, -0.2) is 33.7 Å². The first kappa shape index (κ1) is 18.6. The molecular formula is C19H17BrN6OS. The van der Waals surface area contributed by atoms with E-state index in [4.69, 9.17) is 0 Å². The average molecular weight is 457 g/mol. The van der Waals surface area contributed by atoms with E-state index in [1.54, 1.807) is 28.8 Å². The number of amides is 2. The van der Waals surface area contributed by atoms with E-state index in [2.05, 4.69) is 41.7 Å². The second kappa shape index (κ2) is 8.49. The molecule has 0 spiro atoms. The smallest absolute Gasteiger partial charge is 0.338 e. The van der Waals surface area contributed by atoms with Crippen LogP contribution in [0.15, 0.2) is 57.7 Å². The normalized spacial score (nSPS) is 13.4. The van der Waals surface area contributed by atoms with Crippen LogP contribution in [0.1, 0.15) is 16.1 Å². The standard InChI is InChI=1S/C19H17BrN6OS/c20-13-3-1-4-14(9-13)24-18-16-11-26(7-6-17(16)21-12-22-18)19(27)25-23-10-15-5-2-8-28-15/h1-5,8-10,12H,6-7,11H2,(H,25,27)(H,21,22,24)/b23-10+. The first-order valence-corrected chi connectivity index (χ1v) is 10.3. The van der Waals surface area contributed by atoms with Crippen LogP contribution in [0.4, 0.5) is 16.3 Å². The number of rotatable bonds is 4. The van der Waals surface area contributed by atoms with E-state index in [9.17, 15) is 4.79 Å². The molecule has 2 aromatic heterocycles. The Kier molecular flexibility index (Phi) is 5.63. The lowest BCUT2D eigenvalue weighted by molar-refractivity contribution is 0.192. The lowest BCUT2D eigenvalue weighted by Gasteiger charge is -2.28. The van der Waals surface area contributed by atoms with E-state index < -0.39 is 0 Å². The number of carbonyl (C=O) groups excluding carboxylic acids is 1. The maximum atomic E-state index is 12.5. The fraction of sp³-hybridized carbons (Fsp3) is 0.158. The van der Waals surface area contributed by atoms with Gasteiger partial charge in [0.25, 0.3) is 0 Å². The van der Waals surface area contributed by atoms with Gasteiger partial charge < -0.3 is 10.2 Å². The van der Waals surface area contributed by atoms with Crippen molar-refractivity contribution in [1.82, 2.24) is 20.3 Å². The second-order valence-electron chi connectivity index (χ2n) is 6.15. The van der Waals surface area contributed by atoms with Gasteiger partial charge in [0.2, 0.25) is 0 Å². The summed E-state index contributed by atoms with van der Waals surface area (Å²) >= 11 is 5.03. The summed E-state index contributed by atoms with van der Waals surface area (Å²) in [5.41, 5.74) is 5.39. The summed E-state index contributed by atoms with van der Waals surface area (Å²) in [5.74, 6) is 0.711. The van der Waals surface area contributed by atoms with Crippen LogP contribution in [0.2, 0.25) is 0 Å². The van der Waals surface area contributed by atoms with Crippen LogP contribution < -0.4 is 10.7 Å². The van der Waals surface area contributed by atoms with Crippen LogP contribution >= 0.6 is 27.3 Å². The molecule has 3 heterocycles. The SMILES string of the molecule is O=C(N/N=C/c1cccs1)N1CCc2ncnc(Nc3cccc(Br)c3)c2C1. The molecule has 4 rings (SSSR count). The molecule has 7 nitrogen and oxygen atoms in total. The van der Waals surface area contributed by atoms with Crippen LogP contribution in [0.3, 0.4) is 0 Å². The predicted molar refractivity (Wildman–Crippen MR) is 114 cm³/mol. The number of anilines is 2. The Morgan fingerprint density at radius 3 is 3.04 bits per heavy atom. The predicted octanol–water partition coefficient (Wildman–Crippen LogP) is 4.15. The number of hydrazone groups is 1. The summed E-state index contributed by atoms with van der Waals surface area (Å²) in [7, 11) is 0. The lowest BCUT2D eigenvalue weighted by Crippen LogP contribution is -2.41. The van der Waals surface area contributed by atoms with E-state index in [1.165, 1.54) is 0 Å². The molecule has 2 amide bonds.